The van der Waals surface area contributed by atoms with E-state index >= 15 is 0 Å². The van der Waals surface area contributed by atoms with Crippen molar-refractivity contribution in [3.8, 4) is 0 Å². The first-order chi connectivity index (χ1) is 9.69. The molecule has 0 unspecified atom stereocenters. The van der Waals surface area contributed by atoms with E-state index in [1.54, 1.807) is 18.7 Å². The molecule has 4 nitrogen and oxygen atoms in total. The number of hydrogen-bond acceptors (Lipinski definition) is 3. The molecule has 1 N–H and O–H groups in total. The van der Waals surface area contributed by atoms with Crippen molar-refractivity contribution in [3.63, 3.8) is 0 Å². The summed E-state index contributed by atoms with van der Waals surface area (Å²) in [5.41, 5.74) is 0.170. The van der Waals surface area contributed by atoms with Gasteiger partial charge in [-0.2, -0.15) is 0 Å². The van der Waals surface area contributed by atoms with Gasteiger partial charge in [0.2, 0.25) is 5.91 Å². The minimum absolute atomic E-state index is 0.0391. The molecule has 0 bridgehead atoms. The lowest BCUT2D eigenvalue weighted by molar-refractivity contribution is -0.136. The number of nitrogens with zero attached hydrogens (tertiary/aromatic N) is 2. The normalized spacial score (nSPS) is 12.0. The van der Waals surface area contributed by atoms with Crippen molar-refractivity contribution in [1.29, 1.82) is 0 Å². The van der Waals surface area contributed by atoms with Gasteiger partial charge in [0.1, 0.15) is 0 Å². The van der Waals surface area contributed by atoms with Gasteiger partial charge in [0.25, 0.3) is 0 Å². The van der Waals surface area contributed by atoms with Crippen LogP contribution in [0.5, 0.6) is 0 Å². The van der Waals surface area contributed by atoms with Crippen LogP contribution in [0.4, 0.5) is 0 Å². The first-order valence-corrected chi connectivity index (χ1v) is 7.43. The zero-order valence-electron chi connectivity index (χ0n) is 13.8. The van der Waals surface area contributed by atoms with Crippen LogP contribution in [0.15, 0.2) is 30.3 Å². The van der Waals surface area contributed by atoms with Crippen LogP contribution in [0.1, 0.15) is 33.3 Å². The van der Waals surface area contributed by atoms with E-state index in [-0.39, 0.29) is 5.91 Å². The Morgan fingerprint density at radius 2 is 1.81 bits per heavy atom. The molecule has 1 aromatic rings. The Morgan fingerprint density at radius 1 is 1.24 bits per heavy atom. The van der Waals surface area contributed by atoms with E-state index in [0.29, 0.717) is 25.7 Å². The number of aliphatic hydroxyl groups is 1. The summed E-state index contributed by atoms with van der Waals surface area (Å²) in [6.45, 7) is 8.79. The fourth-order valence-corrected chi connectivity index (χ4v) is 2.00. The smallest absolute Gasteiger partial charge is 0.237 e. The summed E-state index contributed by atoms with van der Waals surface area (Å²) in [6, 6.07) is 10.2. The molecule has 0 aromatic heterocycles. The van der Waals surface area contributed by atoms with Crippen LogP contribution in [0, 0.1) is 0 Å². The molecule has 1 aromatic carbocycles. The minimum atomic E-state index is -0.902. The molecule has 0 aliphatic rings. The average Bonchev–Trinajstić information content (AvgIpc) is 2.37. The van der Waals surface area contributed by atoms with Gasteiger partial charge < -0.3 is 10.0 Å². The Hall–Kier alpha value is -1.39. The molecule has 1 rings (SSSR count). The standard InChI is InChI=1S/C17H28N2O2/c1-14(2)18(5)12-16(20)19(13-17(3,4)21)11-15-9-7-6-8-10-15/h6-10,14,21H,11-13H2,1-5H3. The number of carbonyl (C=O) groups is 1. The van der Waals surface area contributed by atoms with Crippen LogP contribution in [0.3, 0.4) is 0 Å². The maximum atomic E-state index is 12.5. The first kappa shape index (κ1) is 17.7. The molecule has 0 atom stereocenters. The van der Waals surface area contributed by atoms with Crippen LogP contribution < -0.4 is 0 Å². The second-order valence-electron chi connectivity index (χ2n) is 6.56. The zero-order valence-corrected chi connectivity index (χ0v) is 13.8. The van der Waals surface area contributed by atoms with Crippen LogP contribution >= 0.6 is 0 Å². The van der Waals surface area contributed by atoms with Gasteiger partial charge in [-0.1, -0.05) is 30.3 Å². The second-order valence-corrected chi connectivity index (χ2v) is 6.56. The van der Waals surface area contributed by atoms with Crippen molar-refractivity contribution in [3.05, 3.63) is 35.9 Å². The number of carbonyl (C=O) groups excluding carboxylic acids is 1. The van der Waals surface area contributed by atoms with E-state index in [2.05, 4.69) is 13.8 Å². The van der Waals surface area contributed by atoms with Crippen molar-refractivity contribution >= 4 is 5.91 Å². The lowest BCUT2D eigenvalue weighted by atomic mass is 10.1. The Balaban J connectivity index is 2.79. The summed E-state index contributed by atoms with van der Waals surface area (Å²) in [4.78, 5) is 16.2. The molecule has 0 saturated carbocycles. The van der Waals surface area contributed by atoms with E-state index in [1.807, 2.05) is 42.3 Å². The van der Waals surface area contributed by atoms with Gasteiger partial charge in [0.05, 0.1) is 12.1 Å². The summed E-state index contributed by atoms with van der Waals surface area (Å²) in [5.74, 6) is 0.0391. The van der Waals surface area contributed by atoms with E-state index in [4.69, 9.17) is 0 Å². The maximum absolute atomic E-state index is 12.5. The molecule has 4 heteroatoms. The lowest BCUT2D eigenvalue weighted by Crippen LogP contribution is -2.46. The summed E-state index contributed by atoms with van der Waals surface area (Å²) in [6.07, 6.45) is 0. The quantitative estimate of drug-likeness (QED) is 0.837. The van der Waals surface area contributed by atoms with Crippen molar-refractivity contribution in [2.45, 2.75) is 45.9 Å². The van der Waals surface area contributed by atoms with Crippen molar-refractivity contribution in [2.24, 2.45) is 0 Å². The largest absolute Gasteiger partial charge is 0.389 e. The van der Waals surface area contributed by atoms with Gasteiger partial charge in [-0.3, -0.25) is 9.69 Å². The fourth-order valence-electron chi connectivity index (χ4n) is 2.00. The van der Waals surface area contributed by atoms with Crippen LogP contribution in [0.25, 0.3) is 0 Å². The lowest BCUT2D eigenvalue weighted by Gasteiger charge is -2.31. The van der Waals surface area contributed by atoms with Gasteiger partial charge in [-0.05, 0) is 40.3 Å². The number of likely N-dealkylation sites (N-methyl/N-ethyl adjacent to an activating group) is 1. The molecule has 0 heterocycles. The highest BCUT2D eigenvalue weighted by Crippen LogP contribution is 2.11. The molecular formula is C17H28N2O2. The van der Waals surface area contributed by atoms with E-state index < -0.39 is 5.60 Å². The first-order valence-electron chi connectivity index (χ1n) is 7.43. The van der Waals surface area contributed by atoms with Crippen molar-refractivity contribution < 1.29 is 9.90 Å². The Morgan fingerprint density at radius 3 is 2.29 bits per heavy atom. The molecule has 0 spiro atoms. The average molecular weight is 292 g/mol. The highest BCUT2D eigenvalue weighted by molar-refractivity contribution is 5.78. The predicted molar refractivity (Wildman–Crippen MR) is 85.9 cm³/mol. The minimum Gasteiger partial charge on any atom is -0.389 e. The van der Waals surface area contributed by atoms with Crippen LogP contribution in [-0.4, -0.2) is 52.6 Å². The van der Waals surface area contributed by atoms with Crippen molar-refractivity contribution in [1.82, 2.24) is 9.80 Å². The number of benzene rings is 1. The third-order valence-corrected chi connectivity index (χ3v) is 3.41. The third-order valence-electron chi connectivity index (χ3n) is 3.41. The predicted octanol–water partition coefficient (Wildman–Crippen LogP) is 2.13. The molecule has 0 radical (unpaired) electrons. The molecule has 1 amide bonds. The van der Waals surface area contributed by atoms with Gasteiger partial charge in [-0.25, -0.2) is 0 Å². The van der Waals surface area contributed by atoms with Crippen LogP contribution in [-0.2, 0) is 11.3 Å². The summed E-state index contributed by atoms with van der Waals surface area (Å²) < 4.78 is 0. The zero-order chi connectivity index (χ0) is 16.0. The summed E-state index contributed by atoms with van der Waals surface area (Å²) in [7, 11) is 1.94. The maximum Gasteiger partial charge on any atom is 0.237 e. The molecular weight excluding hydrogens is 264 g/mol. The Kier molecular flexibility index (Phi) is 6.37. The summed E-state index contributed by atoms with van der Waals surface area (Å²) in [5, 5.41) is 10.1. The van der Waals surface area contributed by atoms with Gasteiger partial charge in [0, 0.05) is 19.1 Å². The molecule has 0 aliphatic carbocycles. The van der Waals surface area contributed by atoms with Crippen molar-refractivity contribution in [2.75, 3.05) is 20.1 Å². The van der Waals surface area contributed by atoms with E-state index in [1.165, 1.54) is 0 Å². The number of amides is 1. The van der Waals surface area contributed by atoms with Gasteiger partial charge in [0.15, 0.2) is 0 Å². The molecule has 0 aliphatic heterocycles. The third kappa shape index (κ3) is 6.74. The fraction of sp³-hybridized carbons (Fsp3) is 0.588. The van der Waals surface area contributed by atoms with E-state index in [0.717, 1.165) is 5.56 Å². The highest BCUT2D eigenvalue weighted by atomic mass is 16.3. The SMILES string of the molecule is CC(C)N(C)CC(=O)N(Cc1ccccc1)CC(C)(C)O. The number of rotatable bonds is 7. The molecule has 0 saturated heterocycles. The Bertz CT molecular complexity index is 438. The molecule has 0 fully saturated rings. The summed E-state index contributed by atoms with van der Waals surface area (Å²) >= 11 is 0. The topological polar surface area (TPSA) is 43.8 Å². The molecule has 118 valence electrons. The highest BCUT2D eigenvalue weighted by Gasteiger charge is 2.23. The van der Waals surface area contributed by atoms with Gasteiger partial charge in [-0.15, -0.1) is 0 Å². The Labute approximate surface area is 128 Å². The van der Waals surface area contributed by atoms with Gasteiger partial charge >= 0.3 is 0 Å². The van der Waals surface area contributed by atoms with Crippen LogP contribution in [0.2, 0.25) is 0 Å². The monoisotopic (exact) mass is 292 g/mol. The second kappa shape index (κ2) is 7.57. The van der Waals surface area contributed by atoms with E-state index in [9.17, 15) is 9.90 Å². The number of hydrogen-bond donors (Lipinski definition) is 1. The molecule has 21 heavy (non-hydrogen) atoms.